The molecular weight excluding hydrogens is 645 g/mol. The van der Waals surface area contributed by atoms with Crippen molar-refractivity contribution in [3.05, 3.63) is 157 Å². The summed E-state index contributed by atoms with van der Waals surface area (Å²) in [5, 5.41) is -1.72. The summed E-state index contributed by atoms with van der Waals surface area (Å²) in [5.74, 6) is -2.47. The minimum absolute atomic E-state index is 0.0451. The van der Waals surface area contributed by atoms with E-state index in [1.165, 1.54) is 0 Å². The number of aromatic nitrogens is 4. The monoisotopic (exact) mass is 696 g/mol. The molecule has 0 bridgehead atoms. The lowest BCUT2D eigenvalue weighted by molar-refractivity contribution is 0.669. The molecule has 0 saturated carbocycles. The van der Waals surface area contributed by atoms with Crippen LogP contribution in [0.2, 0.25) is 0 Å². The predicted molar refractivity (Wildman–Crippen MR) is 211 cm³/mol. The molecule has 6 heteroatoms. The highest BCUT2D eigenvalue weighted by Gasteiger charge is 2.22. The summed E-state index contributed by atoms with van der Waals surface area (Å²) in [6, 6.07) is -20.7. The van der Waals surface area contributed by atoms with Crippen LogP contribution in [0.25, 0.3) is 104 Å². The Kier molecular flexibility index (Phi) is 2.77. The fraction of sp³-hybridized carbons (Fsp3) is 0. The van der Waals surface area contributed by atoms with E-state index in [9.17, 15) is 12.3 Å². The van der Waals surface area contributed by atoms with Crippen molar-refractivity contribution < 1.29 is 40.1 Å². The number of hydrogen-bond donors (Lipinski definition) is 0. The highest BCUT2D eigenvalue weighted by atomic mass is 32.1. The number of nitrogens with zero attached hydrogens (tertiary/aromatic N) is 4. The third-order valence-electron chi connectivity index (χ3n) is 8.05. The fourth-order valence-corrected chi connectivity index (χ4v) is 6.99. The SMILES string of the molecule is [2H]c1c([2H])c([2H])c(-c2c([2H])c([2H])c(-c3nc(-c4c([2H])c([2H])c([2H])c5c4oc4c([2H])c([2H])c([2H])c([2H])c45)nc(-n4c5c([2H])c([2H])c([2H])c([2H])c5c5c6sc7c([2H])c([2H])c([2H])c([2H])c7c6c([2H])c([2H])c54)n3)c([2H])c2[2H])c([2H])c1[2H]. The van der Waals surface area contributed by atoms with Gasteiger partial charge < -0.3 is 4.42 Å². The molecule has 4 heterocycles. The molecule has 5 nitrogen and oxygen atoms in total. The van der Waals surface area contributed by atoms with Gasteiger partial charge in [-0.1, -0.05) is 127 Å². The highest BCUT2D eigenvalue weighted by Crippen LogP contribution is 2.43. The van der Waals surface area contributed by atoms with Crippen molar-refractivity contribution in [2.75, 3.05) is 0 Å². The normalized spacial score (nSPS) is 19.1. The highest BCUT2D eigenvalue weighted by molar-refractivity contribution is 7.26. The zero-order valence-electron chi connectivity index (χ0n) is 51.1. The molecule has 4 aromatic heterocycles. The fourth-order valence-electron chi connectivity index (χ4n) is 5.87. The molecule has 0 aliphatic heterocycles. The van der Waals surface area contributed by atoms with Crippen LogP contribution in [0.15, 0.2) is 162 Å². The minimum atomic E-state index is -1.01. The van der Waals surface area contributed by atoms with Crippen molar-refractivity contribution >= 4 is 75.3 Å². The molecule has 0 saturated heterocycles. The van der Waals surface area contributed by atoms with Crippen molar-refractivity contribution in [2.45, 2.75) is 0 Å². The zero-order valence-corrected chi connectivity index (χ0v) is 25.9. The van der Waals surface area contributed by atoms with Gasteiger partial charge in [0.2, 0.25) is 5.95 Å². The van der Waals surface area contributed by atoms with Crippen LogP contribution >= 0.6 is 11.3 Å². The van der Waals surface area contributed by atoms with Crippen LogP contribution < -0.4 is 0 Å². The Morgan fingerprint density at radius 2 is 1.18 bits per heavy atom. The number of thiophene rings is 1. The van der Waals surface area contributed by atoms with E-state index < -0.39 is 230 Å². The first kappa shape index (κ1) is 12.9. The number of furan rings is 1. The third-order valence-corrected chi connectivity index (χ3v) is 9.17. The summed E-state index contributed by atoms with van der Waals surface area (Å²) in [4.78, 5) is 13.6. The van der Waals surface area contributed by atoms with Gasteiger partial charge in [-0.05, 0) is 41.3 Å². The summed E-state index contributed by atoms with van der Waals surface area (Å²) in [7, 11) is 0. The smallest absolute Gasteiger partial charge is 0.238 e. The maximum absolute atomic E-state index is 9.63. The number of benzene rings is 7. The molecule has 0 spiro atoms. The molecule has 11 rings (SSSR count). The molecule has 238 valence electrons. The van der Waals surface area contributed by atoms with Gasteiger partial charge in [-0.25, -0.2) is 4.98 Å². The van der Waals surface area contributed by atoms with Gasteiger partial charge in [0.25, 0.3) is 0 Å². The van der Waals surface area contributed by atoms with E-state index in [2.05, 4.69) is 15.0 Å². The number of para-hydroxylation sites is 3. The van der Waals surface area contributed by atoms with E-state index in [4.69, 9.17) is 27.7 Å². The van der Waals surface area contributed by atoms with Gasteiger partial charge in [-0.15, -0.1) is 11.3 Å². The first-order chi connectivity index (χ1) is 36.1. The Bertz CT molecular complexity index is 4610. The van der Waals surface area contributed by atoms with Crippen LogP contribution in [0.1, 0.15) is 35.6 Å². The van der Waals surface area contributed by atoms with E-state index in [0.29, 0.717) is 0 Å². The van der Waals surface area contributed by atoms with Crippen LogP contribution in [0.4, 0.5) is 0 Å². The lowest BCUT2D eigenvalue weighted by atomic mass is 10.0. The topological polar surface area (TPSA) is 56.7 Å². The van der Waals surface area contributed by atoms with Crippen molar-refractivity contribution in [3.8, 4) is 39.9 Å². The third kappa shape index (κ3) is 4.30. The standard InChI is InChI=1S/C45H26N4OS/c1-2-11-27(12-3-1)28-21-23-29(24-22-28)43-46-44(35-17-10-16-32-30-13-5-8-19-38(30)50-41(32)35)48-45(47-43)49-36-18-7-4-15-34(36)40-37(49)26-25-33-31-14-6-9-20-39(31)51-42(33)40/h1-26H/i1D,2D,3D,4D,5D,6D,7D,8D,9D,10D,11D,12D,13D,14D,15D,16D,17D,18D,19D,20D,21D,22D,23D,24D,25D,26D. The quantitative estimate of drug-likeness (QED) is 0.184. The van der Waals surface area contributed by atoms with Crippen molar-refractivity contribution in [1.82, 2.24) is 19.5 Å². The molecule has 0 amide bonds. The molecule has 0 aliphatic carbocycles. The molecule has 0 radical (unpaired) electrons. The largest absolute Gasteiger partial charge is 0.455 e. The lowest BCUT2D eigenvalue weighted by Gasteiger charge is -2.11. The second-order valence-corrected chi connectivity index (χ2v) is 11.9. The van der Waals surface area contributed by atoms with Gasteiger partial charge >= 0.3 is 0 Å². The molecule has 11 aromatic rings. The Hall–Kier alpha value is -6.63. The van der Waals surface area contributed by atoms with Crippen LogP contribution in [0.5, 0.6) is 0 Å². The van der Waals surface area contributed by atoms with E-state index in [1.54, 1.807) is 0 Å². The number of hydrogen-bond acceptors (Lipinski definition) is 5. The van der Waals surface area contributed by atoms with Gasteiger partial charge in [0.05, 0.1) is 52.2 Å². The first-order valence-corrected chi connectivity index (χ1v) is 15.6. The maximum Gasteiger partial charge on any atom is 0.238 e. The number of fused-ring (bicyclic) bond motifs is 10. The van der Waals surface area contributed by atoms with Gasteiger partial charge in [0.15, 0.2) is 11.6 Å². The van der Waals surface area contributed by atoms with E-state index in [1.807, 2.05) is 0 Å². The molecule has 0 atom stereocenters. The Morgan fingerprint density at radius 3 is 2.06 bits per heavy atom. The first-order valence-electron chi connectivity index (χ1n) is 27.8. The molecule has 7 aromatic carbocycles. The molecular formula is C45H26N4OS. The zero-order chi connectivity index (χ0) is 56.1. The summed E-state index contributed by atoms with van der Waals surface area (Å²) < 4.78 is 237. The predicted octanol–water partition coefficient (Wildman–Crippen LogP) is 12.2. The van der Waals surface area contributed by atoms with E-state index >= 15 is 0 Å². The molecule has 0 unspecified atom stereocenters. The van der Waals surface area contributed by atoms with Gasteiger partial charge in [-0.2, -0.15) is 9.97 Å². The van der Waals surface area contributed by atoms with E-state index in [-0.39, 0.29) is 30.9 Å². The van der Waals surface area contributed by atoms with Crippen molar-refractivity contribution in [1.29, 1.82) is 0 Å². The van der Waals surface area contributed by atoms with Crippen LogP contribution in [-0.2, 0) is 0 Å². The van der Waals surface area contributed by atoms with Crippen LogP contribution in [0, 0.1) is 0 Å². The van der Waals surface area contributed by atoms with E-state index in [0.717, 1.165) is 15.9 Å². The number of rotatable bonds is 4. The minimum Gasteiger partial charge on any atom is -0.455 e. The average molecular weight is 697 g/mol. The second-order valence-electron chi connectivity index (χ2n) is 10.8. The van der Waals surface area contributed by atoms with Gasteiger partial charge in [0.1, 0.15) is 11.2 Å². The van der Waals surface area contributed by atoms with Crippen LogP contribution in [0.3, 0.4) is 0 Å². The molecule has 0 fully saturated rings. The molecule has 51 heavy (non-hydrogen) atoms. The Balaban J connectivity index is 1.37. The molecule has 0 aliphatic rings. The van der Waals surface area contributed by atoms with Crippen LogP contribution in [-0.4, -0.2) is 19.5 Å². The molecule has 0 N–H and O–H groups in total. The second kappa shape index (κ2) is 10.9. The van der Waals surface area contributed by atoms with Gasteiger partial charge in [-0.3, -0.25) is 4.57 Å². The Morgan fingerprint density at radius 1 is 0.490 bits per heavy atom. The maximum atomic E-state index is 9.63. The summed E-state index contributed by atoms with van der Waals surface area (Å²) >= 11 is 0.731. The summed E-state index contributed by atoms with van der Waals surface area (Å²) in [6.07, 6.45) is 0. The van der Waals surface area contributed by atoms with Gasteiger partial charge in [0, 0.05) is 47.3 Å². The lowest BCUT2D eigenvalue weighted by Crippen LogP contribution is -2.06. The van der Waals surface area contributed by atoms with Crippen molar-refractivity contribution in [2.24, 2.45) is 0 Å². The van der Waals surface area contributed by atoms with Crippen molar-refractivity contribution in [3.63, 3.8) is 0 Å². The Labute approximate surface area is 332 Å². The summed E-state index contributed by atoms with van der Waals surface area (Å²) in [6.45, 7) is 0. The summed E-state index contributed by atoms with van der Waals surface area (Å²) in [5.41, 5.74) is -4.96. The average Bonchev–Trinajstić information content (AvgIpc) is 4.18.